The molecule has 0 aliphatic rings. The highest BCUT2D eigenvalue weighted by Crippen LogP contribution is 2.24. The molecule has 0 aliphatic carbocycles. The molecule has 0 radical (unpaired) electrons. The first-order chi connectivity index (χ1) is 16.7. The molecule has 0 spiro atoms. The number of hydrogen-bond acceptors (Lipinski definition) is 4. The van der Waals surface area contributed by atoms with Gasteiger partial charge in [0.2, 0.25) is 0 Å². The second kappa shape index (κ2) is 12.1. The highest BCUT2D eigenvalue weighted by atomic mass is 35.5. The lowest BCUT2D eigenvalue weighted by Gasteiger charge is -2.06. The van der Waals surface area contributed by atoms with Crippen molar-refractivity contribution in [3.63, 3.8) is 0 Å². The number of hydrogen-bond donors (Lipinski definition) is 1. The molecule has 4 aromatic rings. The molecular formula is C28H23ClN2O2S. The molecule has 0 atom stereocenters. The summed E-state index contributed by atoms with van der Waals surface area (Å²) < 4.78 is 5.78. The number of carbonyl (C=O) groups excluding carboxylic acids is 1. The number of hydrazone groups is 1. The second-order valence-corrected chi connectivity index (χ2v) is 8.97. The van der Waals surface area contributed by atoms with Gasteiger partial charge in [-0.2, -0.15) is 5.10 Å². The van der Waals surface area contributed by atoms with Crippen molar-refractivity contribution in [1.29, 1.82) is 0 Å². The summed E-state index contributed by atoms with van der Waals surface area (Å²) in [5, 5.41) is 4.80. The summed E-state index contributed by atoms with van der Waals surface area (Å²) >= 11 is 7.64. The van der Waals surface area contributed by atoms with E-state index in [4.69, 9.17) is 16.3 Å². The lowest BCUT2D eigenvalue weighted by molar-refractivity contribution is 0.0955. The van der Waals surface area contributed by atoms with E-state index >= 15 is 0 Å². The number of thioether (sulfide) groups is 1. The van der Waals surface area contributed by atoms with Gasteiger partial charge in [-0.15, -0.1) is 11.8 Å². The third-order valence-corrected chi connectivity index (χ3v) is 6.28. The predicted molar refractivity (Wildman–Crippen MR) is 140 cm³/mol. The number of nitrogens with one attached hydrogen (secondary N) is 1. The average Bonchev–Trinajstić information content (AvgIpc) is 2.89. The zero-order valence-electron chi connectivity index (χ0n) is 18.4. The number of halogens is 1. The first kappa shape index (κ1) is 23.6. The van der Waals surface area contributed by atoms with Crippen LogP contribution in [0.1, 0.15) is 27.0 Å². The van der Waals surface area contributed by atoms with Crippen LogP contribution < -0.4 is 10.2 Å². The highest BCUT2D eigenvalue weighted by molar-refractivity contribution is 7.98. The second-order valence-electron chi connectivity index (χ2n) is 7.48. The monoisotopic (exact) mass is 486 g/mol. The van der Waals surface area contributed by atoms with Crippen molar-refractivity contribution < 1.29 is 9.53 Å². The first-order valence-electron chi connectivity index (χ1n) is 10.7. The molecule has 0 unspecified atom stereocenters. The molecule has 0 saturated heterocycles. The van der Waals surface area contributed by atoms with E-state index in [1.807, 2.05) is 103 Å². The van der Waals surface area contributed by atoms with Crippen molar-refractivity contribution in [2.24, 2.45) is 5.10 Å². The van der Waals surface area contributed by atoms with Crippen LogP contribution in [0.4, 0.5) is 0 Å². The third kappa shape index (κ3) is 7.24. The molecule has 0 bridgehead atoms. The molecule has 0 heterocycles. The molecule has 4 rings (SSSR count). The fraction of sp³-hybridized carbons (Fsp3) is 0.0714. The van der Waals surface area contributed by atoms with Gasteiger partial charge in [0, 0.05) is 21.2 Å². The number of benzene rings is 4. The molecule has 4 nitrogen and oxygen atoms in total. The van der Waals surface area contributed by atoms with Crippen LogP contribution in [0.15, 0.2) is 113 Å². The standard InChI is InChI=1S/C28H23ClN2O2S/c29-25-12-16-27(17-13-25)34-20-23-6-10-24(11-7-23)28(32)31-30-18-21-8-14-26(15-9-21)33-19-22-4-2-1-3-5-22/h1-18H,19-20H2,(H,31,32)/b30-18+. The summed E-state index contributed by atoms with van der Waals surface area (Å²) in [7, 11) is 0. The van der Waals surface area contributed by atoms with Gasteiger partial charge in [-0.05, 0) is 77.4 Å². The molecule has 170 valence electrons. The van der Waals surface area contributed by atoms with Gasteiger partial charge in [0.15, 0.2) is 0 Å². The van der Waals surface area contributed by atoms with E-state index in [0.717, 1.165) is 38.1 Å². The molecule has 0 aliphatic heterocycles. The van der Waals surface area contributed by atoms with Gasteiger partial charge < -0.3 is 4.74 Å². The Bertz CT molecular complexity index is 1230. The quantitative estimate of drug-likeness (QED) is 0.158. The van der Waals surface area contributed by atoms with Crippen LogP contribution in [0.5, 0.6) is 5.75 Å². The summed E-state index contributed by atoms with van der Waals surface area (Å²) in [6.45, 7) is 0.517. The normalized spacial score (nSPS) is 10.9. The lowest BCUT2D eigenvalue weighted by Crippen LogP contribution is -2.17. The molecule has 4 aromatic carbocycles. The van der Waals surface area contributed by atoms with Crippen LogP contribution in [0, 0.1) is 0 Å². The highest BCUT2D eigenvalue weighted by Gasteiger charge is 2.05. The molecule has 34 heavy (non-hydrogen) atoms. The number of ether oxygens (including phenoxy) is 1. The Labute approximate surface area is 208 Å². The van der Waals surface area contributed by atoms with Crippen LogP contribution in [-0.2, 0) is 12.4 Å². The largest absolute Gasteiger partial charge is 0.489 e. The molecule has 1 N–H and O–H groups in total. The zero-order valence-corrected chi connectivity index (χ0v) is 19.9. The lowest BCUT2D eigenvalue weighted by atomic mass is 10.1. The van der Waals surface area contributed by atoms with Crippen LogP contribution in [0.3, 0.4) is 0 Å². The summed E-state index contributed by atoms with van der Waals surface area (Å²) in [4.78, 5) is 13.5. The maximum Gasteiger partial charge on any atom is 0.271 e. The Morgan fingerprint density at radius 2 is 1.56 bits per heavy atom. The fourth-order valence-electron chi connectivity index (χ4n) is 3.07. The average molecular weight is 487 g/mol. The van der Waals surface area contributed by atoms with Crippen LogP contribution >= 0.6 is 23.4 Å². The minimum Gasteiger partial charge on any atom is -0.489 e. The number of nitrogens with zero attached hydrogens (tertiary/aromatic N) is 1. The molecule has 0 aromatic heterocycles. The molecule has 6 heteroatoms. The van der Waals surface area contributed by atoms with Crippen LogP contribution in [0.2, 0.25) is 5.02 Å². The summed E-state index contributed by atoms with van der Waals surface area (Å²) in [6.07, 6.45) is 1.61. The fourth-order valence-corrected chi connectivity index (χ4v) is 4.05. The minimum atomic E-state index is -0.254. The van der Waals surface area contributed by atoms with E-state index in [0.29, 0.717) is 12.2 Å². The molecular weight excluding hydrogens is 464 g/mol. The Morgan fingerprint density at radius 1 is 0.853 bits per heavy atom. The molecule has 1 amide bonds. The van der Waals surface area contributed by atoms with Crippen molar-refractivity contribution in [3.05, 3.63) is 130 Å². The molecule has 0 fully saturated rings. The Balaban J connectivity index is 1.23. The van der Waals surface area contributed by atoms with Gasteiger partial charge in [-0.25, -0.2) is 5.43 Å². The van der Waals surface area contributed by atoms with Crippen molar-refractivity contribution in [2.75, 3.05) is 0 Å². The minimum absolute atomic E-state index is 0.254. The number of carbonyl (C=O) groups is 1. The first-order valence-corrected chi connectivity index (χ1v) is 12.1. The van der Waals surface area contributed by atoms with E-state index in [2.05, 4.69) is 10.5 Å². The van der Waals surface area contributed by atoms with E-state index in [1.165, 1.54) is 0 Å². The summed E-state index contributed by atoms with van der Waals surface area (Å²) in [5.41, 5.74) is 6.24. The van der Waals surface area contributed by atoms with Crippen molar-refractivity contribution >= 4 is 35.5 Å². The number of amides is 1. The van der Waals surface area contributed by atoms with Gasteiger partial charge in [0.25, 0.3) is 5.91 Å². The summed E-state index contributed by atoms with van der Waals surface area (Å²) in [6, 6.07) is 32.8. The van der Waals surface area contributed by atoms with Crippen molar-refractivity contribution in [2.45, 2.75) is 17.3 Å². The van der Waals surface area contributed by atoms with E-state index in [1.54, 1.807) is 18.0 Å². The molecule has 0 saturated carbocycles. The van der Waals surface area contributed by atoms with Crippen molar-refractivity contribution in [1.82, 2.24) is 5.43 Å². The van der Waals surface area contributed by atoms with Crippen LogP contribution in [0.25, 0.3) is 0 Å². The van der Waals surface area contributed by atoms with E-state index in [-0.39, 0.29) is 5.91 Å². The van der Waals surface area contributed by atoms with Gasteiger partial charge in [-0.3, -0.25) is 4.79 Å². The van der Waals surface area contributed by atoms with Gasteiger partial charge in [0.05, 0.1) is 6.21 Å². The Kier molecular flexibility index (Phi) is 8.38. The predicted octanol–water partition coefficient (Wildman–Crippen LogP) is 6.98. The Hall–Kier alpha value is -3.54. The Morgan fingerprint density at radius 3 is 2.26 bits per heavy atom. The van der Waals surface area contributed by atoms with Gasteiger partial charge in [-0.1, -0.05) is 54.1 Å². The number of rotatable bonds is 9. The van der Waals surface area contributed by atoms with Crippen molar-refractivity contribution in [3.8, 4) is 5.75 Å². The zero-order chi connectivity index (χ0) is 23.6. The third-order valence-electron chi connectivity index (χ3n) is 4.94. The van der Waals surface area contributed by atoms with E-state index < -0.39 is 0 Å². The maximum absolute atomic E-state index is 12.4. The van der Waals surface area contributed by atoms with E-state index in [9.17, 15) is 4.79 Å². The smallest absolute Gasteiger partial charge is 0.271 e. The maximum atomic E-state index is 12.4. The van der Waals surface area contributed by atoms with Crippen LogP contribution in [-0.4, -0.2) is 12.1 Å². The van der Waals surface area contributed by atoms with Gasteiger partial charge >= 0.3 is 0 Å². The summed E-state index contributed by atoms with van der Waals surface area (Å²) in [5.74, 6) is 1.34. The van der Waals surface area contributed by atoms with Gasteiger partial charge in [0.1, 0.15) is 12.4 Å². The SMILES string of the molecule is O=C(N/N=C/c1ccc(OCc2ccccc2)cc1)c1ccc(CSc2ccc(Cl)cc2)cc1. The topological polar surface area (TPSA) is 50.7 Å².